The average molecular weight is 307 g/mol. The second kappa shape index (κ2) is 6.46. The lowest BCUT2D eigenvalue weighted by Gasteiger charge is -2.34. The van der Waals surface area contributed by atoms with Gasteiger partial charge in [-0.3, -0.25) is 10.1 Å². The van der Waals surface area contributed by atoms with E-state index in [2.05, 4.69) is 39.6 Å². The quantitative estimate of drug-likeness (QED) is 0.927. The summed E-state index contributed by atoms with van der Waals surface area (Å²) < 4.78 is 0. The first kappa shape index (κ1) is 15.0. The zero-order valence-corrected chi connectivity index (χ0v) is 13.7. The van der Waals surface area contributed by atoms with Gasteiger partial charge in [-0.25, -0.2) is 0 Å². The molecule has 2 saturated heterocycles. The number of nitrogens with one attached hydrogen (secondary N) is 1. The van der Waals surface area contributed by atoms with Crippen molar-refractivity contribution >= 4 is 17.2 Å². The molecule has 0 saturated carbocycles. The molecule has 3 heterocycles. The van der Waals surface area contributed by atoms with Gasteiger partial charge in [-0.1, -0.05) is 13.0 Å². The van der Waals surface area contributed by atoms with Gasteiger partial charge in [0, 0.05) is 11.4 Å². The molecule has 0 aliphatic carbocycles. The lowest BCUT2D eigenvalue weighted by atomic mass is 9.96. The van der Waals surface area contributed by atoms with Gasteiger partial charge in [0.2, 0.25) is 5.91 Å². The van der Waals surface area contributed by atoms with Crippen LogP contribution in [0.1, 0.15) is 37.7 Å². The minimum absolute atomic E-state index is 0.0622. The standard InChI is InChI=1S/C16H25N3OS/c1-3-18-8-6-13(7-9-18)11-19-15(14-5-4-10-21-14)17-12(2)16(19)20/h4-5,10,12-13,15,17H,3,6-9,11H2,1-2H3. The highest BCUT2D eigenvalue weighted by Gasteiger charge is 2.38. The maximum Gasteiger partial charge on any atom is 0.241 e. The molecule has 2 aliphatic rings. The van der Waals surface area contributed by atoms with Crippen LogP contribution >= 0.6 is 11.3 Å². The van der Waals surface area contributed by atoms with Crippen molar-refractivity contribution in [3.63, 3.8) is 0 Å². The maximum absolute atomic E-state index is 12.5. The van der Waals surface area contributed by atoms with E-state index in [0.29, 0.717) is 5.92 Å². The molecule has 2 aliphatic heterocycles. The molecular formula is C16H25N3OS. The fraction of sp³-hybridized carbons (Fsp3) is 0.688. The summed E-state index contributed by atoms with van der Waals surface area (Å²) in [5, 5.41) is 5.53. The van der Waals surface area contributed by atoms with E-state index in [1.54, 1.807) is 11.3 Å². The molecule has 0 spiro atoms. The number of nitrogens with zero attached hydrogens (tertiary/aromatic N) is 2. The van der Waals surface area contributed by atoms with Crippen molar-refractivity contribution < 1.29 is 4.79 Å². The molecule has 0 aromatic carbocycles. The Morgan fingerprint density at radius 2 is 2.14 bits per heavy atom. The van der Waals surface area contributed by atoms with Crippen LogP contribution in [0.5, 0.6) is 0 Å². The predicted octanol–water partition coefficient (Wildman–Crippen LogP) is 2.30. The number of rotatable bonds is 4. The molecule has 4 nitrogen and oxygen atoms in total. The average Bonchev–Trinajstić information content (AvgIpc) is 3.12. The second-order valence-corrected chi connectivity index (χ2v) is 7.15. The molecule has 0 radical (unpaired) electrons. The molecule has 1 aromatic heterocycles. The van der Waals surface area contributed by atoms with Gasteiger partial charge in [-0.15, -0.1) is 11.3 Å². The van der Waals surface area contributed by atoms with Crippen LogP contribution in [0.3, 0.4) is 0 Å². The molecule has 1 aromatic rings. The fourth-order valence-corrected chi connectivity index (χ4v) is 4.21. The van der Waals surface area contributed by atoms with Crippen LogP contribution in [0.15, 0.2) is 17.5 Å². The Morgan fingerprint density at radius 1 is 1.38 bits per heavy atom. The molecule has 1 amide bonds. The van der Waals surface area contributed by atoms with Crippen LogP contribution in [0, 0.1) is 5.92 Å². The predicted molar refractivity (Wildman–Crippen MR) is 86.2 cm³/mol. The first-order valence-electron chi connectivity index (χ1n) is 8.01. The van der Waals surface area contributed by atoms with Crippen molar-refractivity contribution in [2.24, 2.45) is 5.92 Å². The summed E-state index contributed by atoms with van der Waals surface area (Å²) in [7, 11) is 0. The Hall–Kier alpha value is -0.910. The van der Waals surface area contributed by atoms with Crippen molar-refractivity contribution in [2.75, 3.05) is 26.2 Å². The number of hydrogen-bond acceptors (Lipinski definition) is 4. The lowest BCUT2D eigenvalue weighted by Crippen LogP contribution is -2.40. The minimum atomic E-state index is -0.0622. The molecule has 2 atom stereocenters. The lowest BCUT2D eigenvalue weighted by molar-refractivity contribution is -0.130. The van der Waals surface area contributed by atoms with Crippen LogP contribution in [0.4, 0.5) is 0 Å². The zero-order chi connectivity index (χ0) is 14.8. The van der Waals surface area contributed by atoms with Crippen LogP contribution < -0.4 is 5.32 Å². The van der Waals surface area contributed by atoms with E-state index in [4.69, 9.17) is 0 Å². The van der Waals surface area contributed by atoms with E-state index in [1.165, 1.54) is 30.8 Å². The molecule has 116 valence electrons. The molecule has 5 heteroatoms. The molecule has 1 N–H and O–H groups in total. The van der Waals surface area contributed by atoms with Gasteiger partial charge in [-0.2, -0.15) is 0 Å². The summed E-state index contributed by atoms with van der Waals surface area (Å²) in [6.45, 7) is 8.60. The SMILES string of the molecule is CCN1CCC(CN2C(=O)C(C)NC2c2cccs2)CC1. The number of thiophene rings is 1. The van der Waals surface area contributed by atoms with E-state index < -0.39 is 0 Å². The Labute approximate surface area is 131 Å². The summed E-state index contributed by atoms with van der Waals surface area (Å²) in [5.41, 5.74) is 0. The highest BCUT2D eigenvalue weighted by molar-refractivity contribution is 7.10. The summed E-state index contributed by atoms with van der Waals surface area (Å²) in [6.07, 6.45) is 2.50. The van der Waals surface area contributed by atoms with Crippen molar-refractivity contribution in [3.05, 3.63) is 22.4 Å². The Bertz CT molecular complexity index is 468. The summed E-state index contributed by atoms with van der Waals surface area (Å²) >= 11 is 1.73. The second-order valence-electron chi connectivity index (χ2n) is 6.17. The molecular weight excluding hydrogens is 282 g/mol. The van der Waals surface area contributed by atoms with Gasteiger partial charge in [0.15, 0.2) is 0 Å². The minimum Gasteiger partial charge on any atom is -0.320 e. The van der Waals surface area contributed by atoms with Crippen molar-refractivity contribution in [3.8, 4) is 0 Å². The van der Waals surface area contributed by atoms with Gasteiger partial charge in [0.05, 0.1) is 6.04 Å². The van der Waals surface area contributed by atoms with Crippen LogP contribution in [0.25, 0.3) is 0 Å². The first-order chi connectivity index (χ1) is 10.2. The van der Waals surface area contributed by atoms with Crippen LogP contribution in [-0.2, 0) is 4.79 Å². The van der Waals surface area contributed by atoms with E-state index in [0.717, 1.165) is 13.1 Å². The van der Waals surface area contributed by atoms with Crippen molar-refractivity contribution in [1.82, 2.24) is 15.1 Å². The van der Waals surface area contributed by atoms with E-state index in [-0.39, 0.29) is 18.1 Å². The Balaban J connectivity index is 1.66. The highest BCUT2D eigenvalue weighted by Crippen LogP contribution is 2.31. The van der Waals surface area contributed by atoms with E-state index in [1.807, 2.05) is 6.92 Å². The number of piperidine rings is 1. The summed E-state index contributed by atoms with van der Waals surface area (Å²) in [5.74, 6) is 0.901. The molecule has 2 fully saturated rings. The smallest absolute Gasteiger partial charge is 0.241 e. The monoisotopic (exact) mass is 307 g/mol. The highest BCUT2D eigenvalue weighted by atomic mass is 32.1. The normalized spacial score (nSPS) is 28.5. The van der Waals surface area contributed by atoms with Gasteiger partial charge >= 0.3 is 0 Å². The third-order valence-electron chi connectivity index (χ3n) is 4.79. The number of hydrogen-bond donors (Lipinski definition) is 1. The number of carbonyl (C=O) groups is 1. The Kier molecular flexibility index (Phi) is 4.62. The van der Waals surface area contributed by atoms with Crippen LogP contribution in [-0.4, -0.2) is 47.9 Å². The third-order valence-corrected chi connectivity index (χ3v) is 5.72. The van der Waals surface area contributed by atoms with Crippen molar-refractivity contribution in [1.29, 1.82) is 0 Å². The molecule has 2 unspecified atom stereocenters. The molecule has 0 bridgehead atoms. The summed E-state index contributed by atoms with van der Waals surface area (Å²) in [4.78, 5) is 18.3. The van der Waals surface area contributed by atoms with E-state index >= 15 is 0 Å². The largest absolute Gasteiger partial charge is 0.320 e. The van der Waals surface area contributed by atoms with Gasteiger partial charge in [0.25, 0.3) is 0 Å². The summed E-state index contributed by atoms with van der Waals surface area (Å²) in [6, 6.07) is 4.13. The van der Waals surface area contributed by atoms with E-state index in [9.17, 15) is 4.79 Å². The van der Waals surface area contributed by atoms with Gasteiger partial charge in [-0.05, 0) is 56.8 Å². The molecule has 3 rings (SSSR count). The topological polar surface area (TPSA) is 35.6 Å². The maximum atomic E-state index is 12.5. The Morgan fingerprint density at radius 3 is 2.76 bits per heavy atom. The fourth-order valence-electron chi connectivity index (χ4n) is 3.42. The van der Waals surface area contributed by atoms with Gasteiger partial charge in [0.1, 0.15) is 6.17 Å². The third kappa shape index (κ3) is 3.15. The number of amides is 1. The zero-order valence-electron chi connectivity index (χ0n) is 12.9. The molecule has 21 heavy (non-hydrogen) atoms. The first-order valence-corrected chi connectivity index (χ1v) is 8.89. The number of likely N-dealkylation sites (tertiary alicyclic amines) is 1. The van der Waals surface area contributed by atoms with Crippen molar-refractivity contribution in [2.45, 2.75) is 38.9 Å². The van der Waals surface area contributed by atoms with Crippen LogP contribution in [0.2, 0.25) is 0 Å². The van der Waals surface area contributed by atoms with Gasteiger partial charge < -0.3 is 9.80 Å². The number of carbonyl (C=O) groups excluding carboxylic acids is 1.